The minimum absolute atomic E-state index is 0.00421. The predicted molar refractivity (Wildman–Crippen MR) is 137 cm³/mol. The Morgan fingerprint density at radius 3 is 2.72 bits per heavy atom. The minimum atomic E-state index is -0.257. The first-order chi connectivity index (χ1) is 17.6. The fraction of sp³-hybridized carbons (Fsp3) is 0.222. The second-order valence-electron chi connectivity index (χ2n) is 8.44. The van der Waals surface area contributed by atoms with Crippen molar-refractivity contribution in [1.29, 1.82) is 0 Å². The number of nitrogens with one attached hydrogen (secondary N) is 1. The average Bonchev–Trinajstić information content (AvgIpc) is 3.54. The highest BCUT2D eigenvalue weighted by atomic mass is 16.2. The van der Waals surface area contributed by atoms with E-state index in [0.717, 1.165) is 24.2 Å². The maximum Gasteiger partial charge on any atom is 0.256 e. The van der Waals surface area contributed by atoms with Gasteiger partial charge in [-0.15, -0.1) is 5.92 Å². The normalized spacial score (nSPS) is 14.9. The van der Waals surface area contributed by atoms with Gasteiger partial charge in [-0.25, -0.2) is 15.0 Å². The topological polar surface area (TPSA) is 119 Å². The number of rotatable bonds is 5. The lowest BCUT2D eigenvalue weighted by Crippen LogP contribution is -2.31. The maximum absolute atomic E-state index is 12.8. The number of hydrogen-bond acceptors (Lipinski definition) is 6. The zero-order valence-electron chi connectivity index (χ0n) is 19.8. The molecule has 4 heterocycles. The summed E-state index contributed by atoms with van der Waals surface area (Å²) in [5.41, 5.74) is 8.90. The molecule has 0 aliphatic carbocycles. The van der Waals surface area contributed by atoms with Gasteiger partial charge in [0.15, 0.2) is 0 Å². The summed E-state index contributed by atoms with van der Waals surface area (Å²) in [6.45, 7) is 2.39. The summed E-state index contributed by atoms with van der Waals surface area (Å²) in [6.07, 6.45) is 6.95. The van der Waals surface area contributed by atoms with Crippen LogP contribution in [0.1, 0.15) is 48.4 Å². The predicted octanol–water partition coefficient (Wildman–Crippen LogP) is 3.70. The number of carbonyl (C=O) groups excluding carboxylic acids is 2. The first-order valence-corrected chi connectivity index (χ1v) is 11.7. The van der Waals surface area contributed by atoms with Gasteiger partial charge in [-0.2, -0.15) is 0 Å². The highest BCUT2D eigenvalue weighted by molar-refractivity contribution is 6.04. The molecule has 0 saturated carbocycles. The fourth-order valence-electron chi connectivity index (χ4n) is 4.53. The average molecular weight is 480 g/mol. The summed E-state index contributed by atoms with van der Waals surface area (Å²) < 4.78 is 1.92. The van der Waals surface area contributed by atoms with Crippen LogP contribution in [0.3, 0.4) is 0 Å². The molecule has 1 aliphatic heterocycles. The molecule has 2 amide bonds. The quantitative estimate of drug-likeness (QED) is 0.421. The van der Waals surface area contributed by atoms with E-state index in [1.807, 2.05) is 33.7 Å². The lowest BCUT2D eigenvalue weighted by atomic mass is 10.1. The number of nitrogen functional groups attached to an aromatic ring is 1. The number of imidazole rings is 1. The summed E-state index contributed by atoms with van der Waals surface area (Å²) in [6, 6.07) is 12.3. The molecule has 1 fully saturated rings. The SMILES string of the molecule is CC#CCC(=O)N1CCC[C@H]1c1nc(-c2ccc(C(=O)Nc3ccccn3)cc2)c2c(N)nccn12. The van der Waals surface area contributed by atoms with Crippen molar-refractivity contribution >= 4 is 29.0 Å². The van der Waals surface area contributed by atoms with Gasteiger partial charge in [-0.1, -0.05) is 24.1 Å². The molecule has 1 atom stereocenters. The number of nitrogens with zero attached hydrogens (tertiary/aromatic N) is 5. The second kappa shape index (κ2) is 9.88. The number of carbonyl (C=O) groups is 2. The Hall–Kier alpha value is -4.71. The van der Waals surface area contributed by atoms with Gasteiger partial charge in [-0.3, -0.25) is 14.0 Å². The fourth-order valence-corrected chi connectivity index (χ4v) is 4.53. The van der Waals surface area contributed by atoms with Gasteiger partial charge in [-0.05, 0) is 44.0 Å². The number of nitrogens with two attached hydrogens (primary N) is 1. The highest BCUT2D eigenvalue weighted by Crippen LogP contribution is 2.36. The second-order valence-corrected chi connectivity index (χ2v) is 8.44. The van der Waals surface area contributed by atoms with Gasteiger partial charge in [0.2, 0.25) is 5.91 Å². The van der Waals surface area contributed by atoms with Crippen LogP contribution in [0.5, 0.6) is 0 Å². The molecule has 1 saturated heterocycles. The minimum Gasteiger partial charge on any atom is -0.382 e. The Morgan fingerprint density at radius 1 is 1.14 bits per heavy atom. The molecule has 1 aliphatic rings. The van der Waals surface area contributed by atoms with E-state index in [9.17, 15) is 9.59 Å². The third kappa shape index (κ3) is 4.36. The molecule has 0 unspecified atom stereocenters. The summed E-state index contributed by atoms with van der Waals surface area (Å²) in [5.74, 6) is 6.96. The van der Waals surface area contributed by atoms with Gasteiger partial charge >= 0.3 is 0 Å². The lowest BCUT2D eigenvalue weighted by molar-refractivity contribution is -0.131. The molecule has 3 aromatic heterocycles. The van der Waals surface area contributed by atoms with Crippen LogP contribution < -0.4 is 11.1 Å². The Morgan fingerprint density at radius 2 is 1.97 bits per heavy atom. The molecule has 0 spiro atoms. The first-order valence-electron chi connectivity index (χ1n) is 11.7. The Labute approximate surface area is 208 Å². The van der Waals surface area contributed by atoms with Gasteiger partial charge in [0.05, 0.1) is 12.5 Å². The van der Waals surface area contributed by atoms with E-state index in [2.05, 4.69) is 27.1 Å². The molecule has 1 aromatic carbocycles. The van der Waals surface area contributed by atoms with Crippen molar-refractivity contribution in [1.82, 2.24) is 24.3 Å². The molecule has 3 N–H and O–H groups in total. The molecule has 9 heteroatoms. The van der Waals surface area contributed by atoms with E-state index in [0.29, 0.717) is 35.0 Å². The summed E-state index contributed by atoms with van der Waals surface area (Å²) >= 11 is 0. The molecule has 9 nitrogen and oxygen atoms in total. The number of fused-ring (bicyclic) bond motifs is 1. The van der Waals surface area contributed by atoms with E-state index in [-0.39, 0.29) is 24.3 Å². The van der Waals surface area contributed by atoms with Crippen molar-refractivity contribution in [2.45, 2.75) is 32.2 Å². The van der Waals surface area contributed by atoms with Crippen molar-refractivity contribution in [3.63, 3.8) is 0 Å². The van der Waals surface area contributed by atoms with Crippen molar-refractivity contribution in [3.8, 4) is 23.1 Å². The molecular formula is C27H25N7O2. The van der Waals surface area contributed by atoms with Crippen LogP contribution in [0.15, 0.2) is 61.1 Å². The molecular weight excluding hydrogens is 454 g/mol. The number of likely N-dealkylation sites (tertiary alicyclic amines) is 1. The monoisotopic (exact) mass is 479 g/mol. The third-order valence-corrected chi connectivity index (χ3v) is 6.22. The molecule has 0 radical (unpaired) electrons. The van der Waals surface area contributed by atoms with Crippen LogP contribution in [0, 0.1) is 11.8 Å². The zero-order chi connectivity index (χ0) is 25.1. The summed E-state index contributed by atoms with van der Waals surface area (Å²) in [5, 5.41) is 2.78. The van der Waals surface area contributed by atoms with Crippen molar-refractivity contribution in [3.05, 3.63) is 72.4 Å². The summed E-state index contributed by atoms with van der Waals surface area (Å²) in [4.78, 5) is 40.6. The molecule has 4 aromatic rings. The maximum atomic E-state index is 12.8. The van der Waals surface area contributed by atoms with Crippen LogP contribution in [0.4, 0.5) is 11.6 Å². The molecule has 180 valence electrons. The van der Waals surface area contributed by atoms with Gasteiger partial charge in [0.1, 0.15) is 28.7 Å². The molecule has 5 rings (SSSR count). The smallest absolute Gasteiger partial charge is 0.256 e. The molecule has 36 heavy (non-hydrogen) atoms. The van der Waals surface area contributed by atoms with Gasteiger partial charge in [0.25, 0.3) is 5.91 Å². The first kappa shape index (κ1) is 23.1. The van der Waals surface area contributed by atoms with Gasteiger partial charge < -0.3 is 16.0 Å². The zero-order valence-corrected chi connectivity index (χ0v) is 19.8. The van der Waals surface area contributed by atoms with Crippen molar-refractivity contribution in [2.24, 2.45) is 0 Å². The standard InChI is InChI=1S/C27H25N7O2/c1-2-3-9-22(35)33-16-6-7-20(33)26-32-23(24-25(28)30-15-17-34(24)26)18-10-12-19(13-11-18)27(36)31-21-8-4-5-14-29-21/h4-5,8,10-15,17,20H,6-7,9,16H2,1H3,(H2,28,30)(H,29,31,36)/t20-/m0/s1. The van der Waals surface area contributed by atoms with E-state index in [1.54, 1.807) is 43.6 Å². The number of aromatic nitrogens is 4. The van der Waals surface area contributed by atoms with E-state index in [1.165, 1.54) is 0 Å². The highest BCUT2D eigenvalue weighted by Gasteiger charge is 2.33. The Balaban J connectivity index is 1.49. The van der Waals surface area contributed by atoms with Crippen LogP contribution in [-0.2, 0) is 4.79 Å². The number of anilines is 2. The van der Waals surface area contributed by atoms with Crippen molar-refractivity contribution < 1.29 is 9.59 Å². The van der Waals surface area contributed by atoms with E-state index in [4.69, 9.17) is 10.7 Å². The Kier molecular flexibility index (Phi) is 6.33. The van der Waals surface area contributed by atoms with Crippen LogP contribution in [0.2, 0.25) is 0 Å². The van der Waals surface area contributed by atoms with E-state index >= 15 is 0 Å². The van der Waals surface area contributed by atoms with Crippen molar-refractivity contribution in [2.75, 3.05) is 17.6 Å². The number of hydrogen-bond donors (Lipinski definition) is 2. The van der Waals surface area contributed by atoms with Crippen LogP contribution in [0.25, 0.3) is 16.8 Å². The van der Waals surface area contributed by atoms with Crippen LogP contribution >= 0.6 is 0 Å². The largest absolute Gasteiger partial charge is 0.382 e. The van der Waals surface area contributed by atoms with Gasteiger partial charge in [0, 0.05) is 36.3 Å². The number of amides is 2. The van der Waals surface area contributed by atoms with E-state index < -0.39 is 0 Å². The number of benzene rings is 1. The Bertz CT molecular complexity index is 1480. The third-order valence-electron chi connectivity index (χ3n) is 6.22. The molecule has 0 bridgehead atoms. The lowest BCUT2D eigenvalue weighted by Gasteiger charge is -2.23. The summed E-state index contributed by atoms with van der Waals surface area (Å²) in [7, 11) is 0. The van der Waals surface area contributed by atoms with Crippen LogP contribution in [-0.4, -0.2) is 42.6 Å². The number of pyridine rings is 1.